The minimum atomic E-state index is -1.48. The summed E-state index contributed by atoms with van der Waals surface area (Å²) in [6.45, 7) is 0.742. The van der Waals surface area contributed by atoms with Gasteiger partial charge < -0.3 is 15.8 Å². The third-order valence-corrected chi connectivity index (χ3v) is 6.94. The monoisotopic (exact) mass is 432 g/mol. The van der Waals surface area contributed by atoms with Gasteiger partial charge in [-0.15, -0.1) is 0 Å². The number of nitrogens with zero attached hydrogens (tertiary/aromatic N) is 1. The largest absolute Gasteiger partial charge is 0.376 e. The fraction of sp³-hybridized carbons (Fsp3) is 0.500. The Hall–Kier alpha value is -2.49. The summed E-state index contributed by atoms with van der Waals surface area (Å²) in [6, 6.07) is 4.29. The second-order valence-electron chi connectivity index (χ2n) is 8.27. The molecule has 3 saturated heterocycles. The first-order valence-corrected chi connectivity index (χ1v) is 10.4. The Kier molecular flexibility index (Phi) is 4.39. The van der Waals surface area contributed by atoms with Gasteiger partial charge in [0.25, 0.3) is 0 Å². The number of imide groups is 1. The molecule has 0 aromatic heterocycles. The Morgan fingerprint density at radius 3 is 2.80 bits per heavy atom. The van der Waals surface area contributed by atoms with Gasteiger partial charge in [-0.05, 0) is 18.9 Å². The molecular formula is C20H21ClN4O5. The Balaban J connectivity index is 1.60. The molecule has 0 saturated carbocycles. The lowest BCUT2D eigenvalue weighted by atomic mass is 9.76. The molecule has 4 aliphatic heterocycles. The van der Waals surface area contributed by atoms with Gasteiger partial charge in [-0.1, -0.05) is 23.7 Å². The lowest BCUT2D eigenvalue weighted by Crippen LogP contribution is -2.54. The van der Waals surface area contributed by atoms with E-state index < -0.39 is 47.0 Å². The number of hydrogen-bond donors (Lipinski definition) is 3. The molecule has 0 unspecified atom stereocenters. The number of ether oxygens (including phenoxy) is 1. The number of anilines is 1. The number of fused-ring (bicyclic) bond motifs is 4. The summed E-state index contributed by atoms with van der Waals surface area (Å²) in [5.74, 6) is -3.79. The van der Waals surface area contributed by atoms with Crippen LogP contribution in [-0.2, 0) is 29.5 Å². The van der Waals surface area contributed by atoms with E-state index in [4.69, 9.17) is 22.1 Å². The van der Waals surface area contributed by atoms with Gasteiger partial charge in [-0.3, -0.25) is 29.4 Å². The molecule has 4 amide bonds. The normalized spacial score (nSPS) is 34.6. The number of nitrogens with one attached hydrogen (secondary N) is 2. The van der Waals surface area contributed by atoms with E-state index in [1.165, 1.54) is 4.90 Å². The topological polar surface area (TPSA) is 131 Å². The number of carbonyl (C=O) groups is 4. The molecule has 1 aromatic rings. The van der Waals surface area contributed by atoms with Crippen molar-refractivity contribution >= 4 is 40.9 Å². The van der Waals surface area contributed by atoms with Crippen LogP contribution < -0.4 is 16.4 Å². The maximum absolute atomic E-state index is 13.5. The van der Waals surface area contributed by atoms with Crippen molar-refractivity contribution in [2.24, 2.45) is 17.6 Å². The standard InChI is InChI=1S/C20H21ClN4O5/c21-11-5-1-4-10-16(11)23-19(29)20(10)15-14(12(24-20)7-13(22)26)17(27)25(18(15)28)8-9-3-2-6-30-9/h1,4-5,9,12,14-15,24H,2-3,6-8H2,(H2,22,26)(H,23,29)/t9-,12-,14-,15-,20-/m0/s1. The molecular weight excluding hydrogens is 412 g/mol. The molecule has 4 N–H and O–H groups in total. The molecule has 0 bridgehead atoms. The first kappa shape index (κ1) is 19.5. The Labute approximate surface area is 177 Å². The molecule has 0 radical (unpaired) electrons. The number of carbonyl (C=O) groups excluding carboxylic acids is 4. The number of hydrogen-bond acceptors (Lipinski definition) is 6. The van der Waals surface area contributed by atoms with Crippen LogP contribution in [0.2, 0.25) is 5.02 Å². The van der Waals surface area contributed by atoms with Crippen molar-refractivity contribution in [1.82, 2.24) is 10.2 Å². The van der Waals surface area contributed by atoms with E-state index in [-0.39, 0.29) is 19.1 Å². The zero-order chi connectivity index (χ0) is 21.2. The fourth-order valence-corrected chi connectivity index (χ4v) is 5.64. The molecule has 5 rings (SSSR count). The van der Waals surface area contributed by atoms with Crippen molar-refractivity contribution < 1.29 is 23.9 Å². The molecule has 4 aliphatic rings. The second kappa shape index (κ2) is 6.76. The van der Waals surface area contributed by atoms with Crippen LogP contribution >= 0.6 is 11.6 Å². The summed E-state index contributed by atoms with van der Waals surface area (Å²) in [5.41, 5.74) is 4.84. The van der Waals surface area contributed by atoms with Crippen LogP contribution in [0.15, 0.2) is 18.2 Å². The van der Waals surface area contributed by atoms with Crippen molar-refractivity contribution in [3.05, 3.63) is 28.8 Å². The van der Waals surface area contributed by atoms with Crippen LogP contribution in [0.25, 0.3) is 0 Å². The van der Waals surface area contributed by atoms with Gasteiger partial charge in [-0.2, -0.15) is 0 Å². The molecule has 30 heavy (non-hydrogen) atoms. The minimum absolute atomic E-state index is 0.147. The predicted octanol–water partition coefficient (Wildman–Crippen LogP) is 0.115. The minimum Gasteiger partial charge on any atom is -0.376 e. The summed E-state index contributed by atoms with van der Waals surface area (Å²) in [5, 5.41) is 6.22. The van der Waals surface area contributed by atoms with Crippen molar-refractivity contribution in [2.45, 2.75) is 36.9 Å². The predicted molar refractivity (Wildman–Crippen MR) is 105 cm³/mol. The second-order valence-corrected chi connectivity index (χ2v) is 8.68. The SMILES string of the molecule is NC(=O)C[C@@H]1N[C@]2(C(=O)Nc3c(Cl)cccc32)[C@@H]2C(=O)N(C[C@@H]3CCCO3)C(=O)[C@@H]12. The van der Waals surface area contributed by atoms with Gasteiger partial charge in [0, 0.05) is 24.6 Å². The zero-order valence-electron chi connectivity index (χ0n) is 16.0. The molecule has 4 heterocycles. The quantitative estimate of drug-likeness (QED) is 0.579. The zero-order valence-corrected chi connectivity index (χ0v) is 16.8. The smallest absolute Gasteiger partial charge is 0.250 e. The van der Waals surface area contributed by atoms with E-state index in [0.717, 1.165) is 12.8 Å². The van der Waals surface area contributed by atoms with Gasteiger partial charge >= 0.3 is 0 Å². The maximum Gasteiger partial charge on any atom is 0.250 e. The number of likely N-dealkylation sites (tertiary alicyclic amines) is 1. The fourth-order valence-electron chi connectivity index (χ4n) is 5.42. The maximum atomic E-state index is 13.5. The van der Waals surface area contributed by atoms with E-state index >= 15 is 0 Å². The van der Waals surface area contributed by atoms with Crippen molar-refractivity contribution in [2.75, 3.05) is 18.5 Å². The third kappa shape index (κ3) is 2.55. The number of amides is 4. The highest BCUT2D eigenvalue weighted by Crippen LogP contribution is 2.54. The molecule has 158 valence electrons. The summed E-state index contributed by atoms with van der Waals surface area (Å²) < 4.78 is 5.60. The van der Waals surface area contributed by atoms with Crippen LogP contribution in [-0.4, -0.2) is 53.8 Å². The summed E-state index contributed by atoms with van der Waals surface area (Å²) >= 11 is 6.27. The number of primary amides is 1. The van der Waals surface area contributed by atoms with E-state index in [9.17, 15) is 19.2 Å². The highest BCUT2D eigenvalue weighted by Gasteiger charge is 2.70. The van der Waals surface area contributed by atoms with Gasteiger partial charge in [0.2, 0.25) is 23.6 Å². The number of rotatable bonds is 4. The highest BCUT2D eigenvalue weighted by molar-refractivity contribution is 6.35. The average molecular weight is 433 g/mol. The van der Waals surface area contributed by atoms with Crippen LogP contribution in [0.3, 0.4) is 0 Å². The van der Waals surface area contributed by atoms with Gasteiger partial charge in [0.05, 0.1) is 35.2 Å². The Morgan fingerprint density at radius 1 is 1.30 bits per heavy atom. The molecule has 9 nitrogen and oxygen atoms in total. The van der Waals surface area contributed by atoms with Gasteiger partial charge in [0.1, 0.15) is 5.54 Å². The number of para-hydroxylation sites is 1. The molecule has 1 spiro atoms. The average Bonchev–Trinajstić information content (AvgIpc) is 3.42. The number of nitrogens with two attached hydrogens (primary N) is 1. The van der Waals surface area contributed by atoms with E-state index in [0.29, 0.717) is 22.9 Å². The Morgan fingerprint density at radius 2 is 2.10 bits per heavy atom. The van der Waals surface area contributed by atoms with Crippen LogP contribution in [0.5, 0.6) is 0 Å². The Bertz CT molecular complexity index is 978. The summed E-state index contributed by atoms with van der Waals surface area (Å²) in [6.07, 6.45) is 1.25. The highest BCUT2D eigenvalue weighted by atomic mass is 35.5. The first-order valence-electron chi connectivity index (χ1n) is 9.98. The molecule has 5 atom stereocenters. The lowest BCUT2D eigenvalue weighted by Gasteiger charge is -2.30. The molecule has 10 heteroatoms. The van der Waals surface area contributed by atoms with Gasteiger partial charge in [0.15, 0.2) is 0 Å². The summed E-state index contributed by atoms with van der Waals surface area (Å²) in [7, 11) is 0. The van der Waals surface area contributed by atoms with Crippen molar-refractivity contribution in [1.29, 1.82) is 0 Å². The van der Waals surface area contributed by atoms with Crippen molar-refractivity contribution in [3.8, 4) is 0 Å². The van der Waals surface area contributed by atoms with Crippen LogP contribution in [0.4, 0.5) is 5.69 Å². The molecule has 3 fully saturated rings. The van der Waals surface area contributed by atoms with Crippen LogP contribution in [0, 0.1) is 11.8 Å². The van der Waals surface area contributed by atoms with Gasteiger partial charge in [-0.25, -0.2) is 0 Å². The van der Waals surface area contributed by atoms with E-state index in [2.05, 4.69) is 10.6 Å². The lowest BCUT2D eigenvalue weighted by molar-refractivity contribution is -0.144. The third-order valence-electron chi connectivity index (χ3n) is 6.62. The summed E-state index contributed by atoms with van der Waals surface area (Å²) in [4.78, 5) is 52.9. The van der Waals surface area contributed by atoms with E-state index in [1.807, 2.05) is 0 Å². The van der Waals surface area contributed by atoms with E-state index in [1.54, 1.807) is 18.2 Å². The van der Waals surface area contributed by atoms with Crippen LogP contribution in [0.1, 0.15) is 24.8 Å². The molecule has 0 aliphatic carbocycles. The number of halogens is 1. The molecule has 1 aromatic carbocycles. The number of benzene rings is 1. The van der Waals surface area contributed by atoms with Crippen molar-refractivity contribution in [3.63, 3.8) is 0 Å². The first-order chi connectivity index (χ1) is 14.3.